The lowest BCUT2D eigenvalue weighted by Crippen LogP contribution is -2.45. The second-order valence-corrected chi connectivity index (χ2v) is 7.61. The van der Waals surface area contributed by atoms with Crippen molar-refractivity contribution in [2.75, 3.05) is 34.0 Å². The van der Waals surface area contributed by atoms with Crippen molar-refractivity contribution in [3.63, 3.8) is 0 Å². The molecule has 0 aliphatic carbocycles. The summed E-state index contributed by atoms with van der Waals surface area (Å²) >= 11 is 0. The van der Waals surface area contributed by atoms with Crippen molar-refractivity contribution < 1.29 is 19.1 Å². The summed E-state index contributed by atoms with van der Waals surface area (Å²) in [7, 11) is 3.14. The van der Waals surface area contributed by atoms with Crippen LogP contribution in [0.2, 0.25) is 0 Å². The van der Waals surface area contributed by atoms with Gasteiger partial charge in [-0.25, -0.2) is 0 Å². The molecule has 1 saturated heterocycles. The molecule has 0 unspecified atom stereocenters. The Morgan fingerprint density at radius 3 is 2.69 bits per heavy atom. The van der Waals surface area contributed by atoms with E-state index in [2.05, 4.69) is 10.4 Å². The zero-order valence-corrected chi connectivity index (χ0v) is 16.3. The summed E-state index contributed by atoms with van der Waals surface area (Å²) in [5.41, 5.74) is 0.662. The minimum absolute atomic E-state index is 0.0115. The molecule has 26 heavy (non-hydrogen) atoms. The number of ether oxygens (including phenoxy) is 2. The zero-order chi connectivity index (χ0) is 19.3. The Balaban J connectivity index is 2.22. The largest absolute Gasteiger partial charge is 0.383 e. The number of carbonyl (C=O) groups excluding carboxylic acids is 2. The van der Waals surface area contributed by atoms with Gasteiger partial charge in [-0.1, -0.05) is 0 Å². The number of likely N-dealkylation sites (tertiary alicyclic amines) is 1. The van der Waals surface area contributed by atoms with Crippen molar-refractivity contribution in [2.24, 2.45) is 5.92 Å². The van der Waals surface area contributed by atoms with Gasteiger partial charge in [0, 0.05) is 50.4 Å². The number of amides is 2. The van der Waals surface area contributed by atoms with E-state index in [9.17, 15) is 9.59 Å². The van der Waals surface area contributed by atoms with Crippen LogP contribution in [0.15, 0.2) is 12.4 Å². The summed E-state index contributed by atoms with van der Waals surface area (Å²) in [5, 5.41) is 7.26. The third-order valence-electron chi connectivity index (χ3n) is 4.51. The minimum atomic E-state index is -0.318. The highest BCUT2D eigenvalue weighted by Gasteiger charge is 2.45. The molecule has 146 valence electrons. The van der Waals surface area contributed by atoms with Gasteiger partial charge in [0.2, 0.25) is 11.8 Å². The molecule has 1 aliphatic rings. The first-order valence-corrected chi connectivity index (χ1v) is 8.87. The van der Waals surface area contributed by atoms with Gasteiger partial charge in [-0.05, 0) is 20.8 Å². The average molecular weight is 366 g/mol. The fraction of sp³-hybridized carbons (Fsp3) is 0.722. The van der Waals surface area contributed by atoms with E-state index < -0.39 is 0 Å². The molecule has 1 fully saturated rings. The van der Waals surface area contributed by atoms with Crippen LogP contribution >= 0.6 is 0 Å². The molecule has 0 spiro atoms. The van der Waals surface area contributed by atoms with Gasteiger partial charge in [-0.15, -0.1) is 0 Å². The molecular weight excluding hydrogens is 336 g/mol. The van der Waals surface area contributed by atoms with Gasteiger partial charge < -0.3 is 19.7 Å². The Bertz CT molecular complexity index is 623. The Hall–Kier alpha value is -1.93. The lowest BCUT2D eigenvalue weighted by atomic mass is 9.93. The van der Waals surface area contributed by atoms with Crippen LogP contribution in [-0.2, 0) is 25.6 Å². The van der Waals surface area contributed by atoms with Crippen molar-refractivity contribution in [2.45, 2.75) is 45.3 Å². The van der Waals surface area contributed by atoms with Crippen LogP contribution in [-0.4, -0.2) is 66.0 Å². The maximum atomic E-state index is 12.7. The number of nitrogens with one attached hydrogen (secondary N) is 1. The average Bonchev–Trinajstić information content (AvgIpc) is 3.14. The smallest absolute Gasteiger partial charge is 0.245 e. The molecule has 8 heteroatoms. The minimum Gasteiger partial charge on any atom is -0.383 e. The van der Waals surface area contributed by atoms with Crippen LogP contribution in [0.3, 0.4) is 0 Å². The number of hydrogen-bond acceptors (Lipinski definition) is 5. The van der Waals surface area contributed by atoms with Crippen molar-refractivity contribution >= 4 is 11.8 Å². The van der Waals surface area contributed by atoms with Crippen molar-refractivity contribution in [3.8, 4) is 0 Å². The molecular formula is C18H30N4O4. The van der Waals surface area contributed by atoms with E-state index in [1.165, 1.54) is 7.11 Å². The number of hydrogen-bond donors (Lipinski definition) is 1. The molecule has 8 nitrogen and oxygen atoms in total. The van der Waals surface area contributed by atoms with Gasteiger partial charge in [-0.2, -0.15) is 5.10 Å². The van der Waals surface area contributed by atoms with Gasteiger partial charge in [-0.3, -0.25) is 14.3 Å². The van der Waals surface area contributed by atoms with Crippen LogP contribution < -0.4 is 5.32 Å². The Kier molecular flexibility index (Phi) is 6.77. The molecule has 2 rings (SSSR count). The lowest BCUT2D eigenvalue weighted by molar-refractivity contribution is -0.133. The highest BCUT2D eigenvalue weighted by Crippen LogP contribution is 2.42. The van der Waals surface area contributed by atoms with Gasteiger partial charge in [0.05, 0.1) is 25.4 Å². The van der Waals surface area contributed by atoms with E-state index in [1.807, 2.05) is 42.7 Å². The molecule has 2 heterocycles. The Labute approximate surface area is 154 Å². The second-order valence-electron chi connectivity index (χ2n) is 7.61. The first-order chi connectivity index (χ1) is 12.3. The molecule has 0 saturated carbocycles. The van der Waals surface area contributed by atoms with Gasteiger partial charge >= 0.3 is 0 Å². The standard InChI is InChI=1S/C18H30N4O4/c1-18(2,3)22-16(24)8-13(9-19-15(23)12-26-5)17(22)14-10-20-21(11-14)6-7-25-4/h10-11,13,17H,6-9,12H2,1-5H3,(H,19,23)/t13-,17+/m0/s1. The summed E-state index contributed by atoms with van der Waals surface area (Å²) in [6, 6.07) is -0.123. The third-order valence-corrected chi connectivity index (χ3v) is 4.51. The van der Waals surface area contributed by atoms with E-state index in [0.29, 0.717) is 26.1 Å². The van der Waals surface area contributed by atoms with E-state index >= 15 is 0 Å². The summed E-state index contributed by atoms with van der Waals surface area (Å²) in [6.45, 7) is 7.75. The zero-order valence-electron chi connectivity index (χ0n) is 16.3. The van der Waals surface area contributed by atoms with Gasteiger partial charge in [0.1, 0.15) is 6.61 Å². The molecule has 1 aromatic rings. The van der Waals surface area contributed by atoms with Crippen LogP contribution in [0.1, 0.15) is 38.8 Å². The third kappa shape index (κ3) is 4.82. The topological polar surface area (TPSA) is 85.7 Å². The predicted octanol–water partition coefficient (Wildman–Crippen LogP) is 0.980. The molecule has 2 atom stereocenters. The monoisotopic (exact) mass is 366 g/mol. The maximum Gasteiger partial charge on any atom is 0.245 e. The van der Waals surface area contributed by atoms with Gasteiger partial charge in [0.25, 0.3) is 0 Å². The predicted molar refractivity (Wildman–Crippen MR) is 96.4 cm³/mol. The molecule has 1 N–H and O–H groups in total. The fourth-order valence-corrected chi connectivity index (χ4v) is 3.46. The van der Waals surface area contributed by atoms with Gasteiger partial charge in [0.15, 0.2) is 0 Å². The van der Waals surface area contributed by atoms with E-state index in [4.69, 9.17) is 9.47 Å². The van der Waals surface area contributed by atoms with Crippen LogP contribution in [0.5, 0.6) is 0 Å². The molecule has 0 bridgehead atoms. The summed E-state index contributed by atoms with van der Waals surface area (Å²) < 4.78 is 11.8. The quantitative estimate of drug-likeness (QED) is 0.741. The molecule has 0 radical (unpaired) electrons. The summed E-state index contributed by atoms with van der Waals surface area (Å²) in [5.74, 6) is -0.0931. The van der Waals surface area contributed by atoms with Crippen molar-refractivity contribution in [3.05, 3.63) is 18.0 Å². The summed E-state index contributed by atoms with van der Waals surface area (Å²) in [4.78, 5) is 26.4. The first kappa shape index (κ1) is 20.4. The number of rotatable bonds is 8. The van der Waals surface area contributed by atoms with E-state index in [-0.39, 0.29) is 35.9 Å². The van der Waals surface area contributed by atoms with Crippen LogP contribution in [0, 0.1) is 5.92 Å². The van der Waals surface area contributed by atoms with Crippen LogP contribution in [0.4, 0.5) is 0 Å². The maximum absolute atomic E-state index is 12.7. The van der Waals surface area contributed by atoms with Crippen molar-refractivity contribution in [1.82, 2.24) is 20.0 Å². The van der Waals surface area contributed by atoms with Crippen LogP contribution in [0.25, 0.3) is 0 Å². The van der Waals surface area contributed by atoms with Crippen molar-refractivity contribution in [1.29, 1.82) is 0 Å². The Morgan fingerprint density at radius 1 is 1.35 bits per heavy atom. The number of aromatic nitrogens is 2. The SMILES string of the molecule is COCCn1cc([C@H]2[C@H](CNC(=O)COC)CC(=O)N2C(C)(C)C)cn1. The molecule has 1 aromatic heterocycles. The number of methoxy groups -OCH3 is 2. The fourth-order valence-electron chi connectivity index (χ4n) is 3.46. The summed E-state index contributed by atoms with van der Waals surface area (Å²) in [6.07, 6.45) is 4.17. The van der Waals surface area contributed by atoms with E-state index in [0.717, 1.165) is 5.56 Å². The highest BCUT2D eigenvalue weighted by molar-refractivity contribution is 5.81. The second kappa shape index (κ2) is 8.64. The molecule has 0 aromatic carbocycles. The van der Waals surface area contributed by atoms with E-state index in [1.54, 1.807) is 7.11 Å². The molecule has 2 amide bonds. The number of nitrogens with zero attached hydrogens (tertiary/aromatic N) is 3. The highest BCUT2D eigenvalue weighted by atomic mass is 16.5. The number of carbonyl (C=O) groups is 2. The molecule has 1 aliphatic heterocycles. The Morgan fingerprint density at radius 2 is 2.08 bits per heavy atom. The normalized spacial score (nSPS) is 20.7. The first-order valence-electron chi connectivity index (χ1n) is 8.87. The lowest BCUT2D eigenvalue weighted by Gasteiger charge is -2.38.